The maximum atomic E-state index is 12.3. The van der Waals surface area contributed by atoms with Crippen LogP contribution in [0, 0.1) is 0 Å². The van der Waals surface area contributed by atoms with E-state index in [1.54, 1.807) is 75.0 Å². The van der Waals surface area contributed by atoms with Crippen LogP contribution >= 0.6 is 0 Å². The number of hydrogen-bond acceptors (Lipinski definition) is 14. The van der Waals surface area contributed by atoms with Crippen molar-refractivity contribution >= 4 is 45.4 Å². The molecule has 6 aromatic rings. The number of fused-ring (bicyclic) bond motifs is 2. The van der Waals surface area contributed by atoms with Crippen LogP contribution in [0.2, 0.25) is 0 Å². The number of ether oxygens (including phenoxy) is 1. The smallest absolute Gasteiger partial charge is 0.870 e. The molecule has 18 heteroatoms. The van der Waals surface area contributed by atoms with Crippen molar-refractivity contribution in [2.45, 2.75) is 45.4 Å². The summed E-state index contributed by atoms with van der Waals surface area (Å²) in [6, 6.07) is 20.9. The van der Waals surface area contributed by atoms with E-state index in [-0.39, 0.29) is 78.6 Å². The van der Waals surface area contributed by atoms with Crippen LogP contribution in [0.25, 0.3) is 21.8 Å². The standard InChI is InChI=1S/C21H25N5O3.C20H23N5O3.CH4.Li.H2O/c1-13(18(25(2)3)14-8-10-15(11-9-14)21(28)29-5)23-19-17-16(7-6-12-22-17)20(27)26(4)24-19;1-12(17(24(2)3)13-7-9-14(10-8-13)20(27)28)22-18-16-15(6-5-11-21-16)19(26)25(4)23-18;;;/h6-13,18H,1-5H3,(H,23,24);5-12,17H,1-4H3,(H,22,23)(H,27,28);1H4;;1H2/q;;;+1;/p-1/t13-,18+;12-,17+;;;/m00.../s1. The molecule has 0 aliphatic heterocycles. The van der Waals surface area contributed by atoms with E-state index >= 15 is 0 Å². The van der Waals surface area contributed by atoms with Crippen LogP contribution in [0.15, 0.2) is 94.8 Å². The SMILES string of the molecule is C.COC(=O)c1ccc([C@@H]([C@H](C)Nc2nn(C)c(=O)c3cccnc23)N(C)C)cc1.C[C@H](Nc1nn(C)c(=O)c2cccnc12)[C@H](c1ccc(C(=O)O)cc1)N(C)C.[Li+].[OH-]. The molecule has 0 aliphatic rings. The van der Waals surface area contributed by atoms with Gasteiger partial charge in [0.25, 0.3) is 11.1 Å². The maximum absolute atomic E-state index is 12.3. The van der Waals surface area contributed by atoms with Gasteiger partial charge >= 0.3 is 30.8 Å². The number of nitrogens with zero attached hydrogens (tertiary/aromatic N) is 8. The predicted octanol–water partition coefficient (Wildman–Crippen LogP) is 1.81. The van der Waals surface area contributed by atoms with Gasteiger partial charge in [0.2, 0.25) is 0 Å². The Morgan fingerprint density at radius 3 is 1.38 bits per heavy atom. The molecule has 314 valence electrons. The van der Waals surface area contributed by atoms with E-state index in [0.29, 0.717) is 39.0 Å². The minimum atomic E-state index is -0.953. The normalized spacial score (nSPS) is 12.7. The first-order valence-electron chi connectivity index (χ1n) is 18.1. The van der Waals surface area contributed by atoms with Gasteiger partial charge in [-0.15, -0.1) is 0 Å². The molecule has 0 aliphatic carbocycles. The number of aromatic carboxylic acids is 1. The zero-order chi connectivity index (χ0) is 41.6. The molecule has 0 saturated heterocycles. The molecule has 0 unspecified atom stereocenters. The van der Waals surface area contributed by atoms with E-state index < -0.39 is 5.97 Å². The Labute approximate surface area is 360 Å². The number of carbonyl (C=O) groups excluding carboxylic acids is 1. The van der Waals surface area contributed by atoms with Crippen LogP contribution in [0.3, 0.4) is 0 Å². The summed E-state index contributed by atoms with van der Waals surface area (Å²) in [4.78, 5) is 60.2. The number of nitrogens with one attached hydrogen (secondary N) is 2. The number of hydrogen-bond donors (Lipinski definition) is 3. The molecule has 0 radical (unpaired) electrons. The third-order valence-corrected chi connectivity index (χ3v) is 9.57. The molecule has 0 bridgehead atoms. The van der Waals surface area contributed by atoms with Gasteiger partial charge in [-0.25, -0.2) is 19.0 Å². The van der Waals surface area contributed by atoms with Crippen LogP contribution in [0.1, 0.15) is 65.2 Å². The van der Waals surface area contributed by atoms with Crippen LogP contribution < -0.4 is 40.6 Å². The molecule has 0 saturated carbocycles. The predicted molar refractivity (Wildman–Crippen MR) is 228 cm³/mol. The quantitative estimate of drug-likeness (QED) is 0.119. The second-order valence-corrected chi connectivity index (χ2v) is 14.1. The number of pyridine rings is 2. The third-order valence-electron chi connectivity index (χ3n) is 9.57. The van der Waals surface area contributed by atoms with Crippen LogP contribution in [-0.4, -0.2) is 109 Å². The van der Waals surface area contributed by atoms with Gasteiger partial charge in [0, 0.05) is 38.6 Å². The van der Waals surface area contributed by atoms with Crippen molar-refractivity contribution in [1.82, 2.24) is 39.3 Å². The summed E-state index contributed by atoms with van der Waals surface area (Å²) < 4.78 is 7.38. The zero-order valence-corrected chi connectivity index (χ0v) is 34.9. The fourth-order valence-corrected chi connectivity index (χ4v) is 6.98. The van der Waals surface area contributed by atoms with Gasteiger partial charge in [-0.1, -0.05) is 31.7 Å². The Morgan fingerprint density at radius 1 is 0.683 bits per heavy atom. The Bertz CT molecular complexity index is 2490. The van der Waals surface area contributed by atoms with E-state index in [1.807, 2.05) is 71.2 Å². The number of likely N-dealkylation sites (N-methyl/N-ethyl adjacent to an activating group) is 2. The summed E-state index contributed by atoms with van der Waals surface area (Å²) in [6.45, 7) is 4.05. The number of carbonyl (C=O) groups is 2. The molecule has 6 rings (SSSR count). The molecule has 17 nitrogen and oxygen atoms in total. The van der Waals surface area contributed by atoms with Gasteiger partial charge in [-0.05, 0) is 102 Å². The van der Waals surface area contributed by atoms with E-state index in [0.717, 1.165) is 11.1 Å². The van der Waals surface area contributed by atoms with Crippen molar-refractivity contribution in [3.63, 3.8) is 0 Å². The second-order valence-electron chi connectivity index (χ2n) is 14.1. The van der Waals surface area contributed by atoms with Gasteiger partial charge in [0.1, 0.15) is 11.0 Å². The van der Waals surface area contributed by atoms with Crippen LogP contribution in [0.5, 0.6) is 0 Å². The summed E-state index contributed by atoms with van der Waals surface area (Å²) in [5.41, 5.74) is 3.43. The summed E-state index contributed by atoms with van der Waals surface area (Å²) in [6.07, 6.45) is 3.28. The van der Waals surface area contributed by atoms with Gasteiger partial charge in [-0.3, -0.25) is 19.6 Å². The molecule has 60 heavy (non-hydrogen) atoms. The molecule has 0 amide bonds. The fourth-order valence-electron chi connectivity index (χ4n) is 6.98. The molecular weight excluding hydrogens is 763 g/mol. The van der Waals surface area contributed by atoms with E-state index in [9.17, 15) is 19.2 Å². The number of carboxylic acids is 1. The molecule has 4 heterocycles. The summed E-state index contributed by atoms with van der Waals surface area (Å²) >= 11 is 0. The summed E-state index contributed by atoms with van der Waals surface area (Å²) in [7, 11) is 12.5. The molecule has 4 aromatic heterocycles. The van der Waals surface area contributed by atoms with Gasteiger partial charge in [0.05, 0.1) is 41.1 Å². The van der Waals surface area contributed by atoms with Crippen molar-refractivity contribution < 1.29 is 43.8 Å². The number of rotatable bonds is 12. The topological polar surface area (TPSA) is 220 Å². The van der Waals surface area contributed by atoms with E-state index in [2.05, 4.69) is 35.7 Å². The minimum Gasteiger partial charge on any atom is -0.870 e. The van der Waals surface area contributed by atoms with Crippen LogP contribution in [0.4, 0.5) is 11.6 Å². The number of carboxylic acid groups (broad SMARTS) is 1. The monoisotopic (exact) mass is 816 g/mol. The summed E-state index contributed by atoms with van der Waals surface area (Å²) in [5.74, 6) is -0.241. The number of aromatic nitrogens is 6. The van der Waals surface area contributed by atoms with E-state index in [4.69, 9.17) is 9.84 Å². The molecule has 2 aromatic carbocycles. The summed E-state index contributed by atoms with van der Waals surface area (Å²) in [5, 5.41) is 25.6. The van der Waals surface area contributed by atoms with Crippen molar-refractivity contribution in [3.8, 4) is 0 Å². The third kappa shape index (κ3) is 11.2. The van der Waals surface area contributed by atoms with Gasteiger partial charge < -0.3 is 35.8 Å². The van der Waals surface area contributed by atoms with Crippen molar-refractivity contribution in [2.24, 2.45) is 14.1 Å². The van der Waals surface area contributed by atoms with Crippen molar-refractivity contribution in [2.75, 3.05) is 45.9 Å². The number of methoxy groups -OCH3 is 1. The molecule has 0 fully saturated rings. The van der Waals surface area contributed by atoms with Gasteiger partial charge in [0.15, 0.2) is 11.6 Å². The Morgan fingerprint density at radius 2 is 1.05 bits per heavy atom. The number of benzene rings is 2. The maximum Gasteiger partial charge on any atom is 1.00 e. The number of aryl methyl sites for hydroxylation is 2. The second kappa shape index (κ2) is 21.9. The van der Waals surface area contributed by atoms with Crippen molar-refractivity contribution in [3.05, 3.63) is 128 Å². The molecule has 4 atom stereocenters. The largest absolute Gasteiger partial charge is 1.00 e. The first-order valence-corrected chi connectivity index (χ1v) is 18.1. The molecule has 4 N–H and O–H groups in total. The van der Waals surface area contributed by atoms with Crippen LogP contribution in [-0.2, 0) is 18.8 Å². The Balaban J connectivity index is 0.000000394. The molecular formula is C42H53LiN10O7. The zero-order valence-electron chi connectivity index (χ0n) is 34.9. The minimum absolute atomic E-state index is 0. The first kappa shape index (κ1) is 50.2. The van der Waals surface area contributed by atoms with Crippen molar-refractivity contribution in [1.29, 1.82) is 0 Å². The average Bonchev–Trinajstić information content (AvgIpc) is 3.19. The number of esters is 1. The Kier molecular flexibility index (Phi) is 18.3. The van der Waals surface area contributed by atoms with E-state index in [1.165, 1.54) is 16.5 Å². The fraction of sp³-hybridized carbons (Fsp3) is 0.333. The average molecular weight is 817 g/mol. The molecule has 0 spiro atoms. The first-order chi connectivity index (χ1) is 27.1. The Hall–Kier alpha value is -5.96. The number of anilines is 2. The van der Waals surface area contributed by atoms with Gasteiger partial charge in [-0.2, -0.15) is 10.2 Å².